The molecule has 0 fully saturated rings. The summed E-state index contributed by atoms with van der Waals surface area (Å²) >= 11 is 0. The predicted octanol–water partition coefficient (Wildman–Crippen LogP) is 14.1. The molecule has 0 saturated carbocycles. The molecule has 274 valence electrons. The topological polar surface area (TPSA) is 51.8 Å². The van der Waals surface area contributed by atoms with Gasteiger partial charge in [-0.05, 0) is 92.0 Å². The zero-order valence-corrected chi connectivity index (χ0v) is 31.5. The van der Waals surface area contributed by atoms with Crippen LogP contribution in [0.4, 0.5) is 0 Å². The molecule has 1 aliphatic carbocycles. The van der Waals surface area contributed by atoms with E-state index in [9.17, 15) is 1.37 Å². The maximum Gasteiger partial charge on any atom is 0.164 e. The Labute approximate surface area is 349 Å². The molecule has 1 aliphatic rings. The normalized spacial score (nSPS) is 15.0. The van der Waals surface area contributed by atoms with Crippen molar-refractivity contribution in [2.75, 3.05) is 0 Å². The van der Waals surface area contributed by atoms with Crippen LogP contribution in [-0.4, -0.2) is 15.0 Å². The second-order valence-electron chi connectivity index (χ2n) is 14.9. The third kappa shape index (κ3) is 5.64. The number of aromatic nitrogens is 3. The highest BCUT2D eigenvalue weighted by molar-refractivity contribution is 6.13. The molecule has 0 spiro atoms. The lowest BCUT2D eigenvalue weighted by molar-refractivity contribution is 0.660. The maximum atomic E-state index is 9.37. The first-order valence-electron chi connectivity index (χ1n) is 23.5. The molecule has 11 rings (SSSR count). The van der Waals surface area contributed by atoms with Gasteiger partial charge in [0.05, 0.1) is 12.3 Å². The minimum Gasteiger partial charge on any atom is -0.456 e. The van der Waals surface area contributed by atoms with Crippen LogP contribution >= 0.6 is 0 Å². The Hall–Kier alpha value is -7.43. The molecule has 0 aliphatic heterocycles. The van der Waals surface area contributed by atoms with Crippen molar-refractivity contribution in [3.05, 3.63) is 199 Å². The van der Waals surface area contributed by atoms with Gasteiger partial charge in [0.15, 0.2) is 17.5 Å². The SMILES string of the molecule is [2H]c1c([2H])c([2H])c(-c2c([2H])c([2H])c([2H])c(-c3cccc4oc5cc(-c6nc(-c7ccccc7)nc(-c7cccc(-c8ccc9c(c8)-c8ccccc8C9(C)C)c7)n6)ccc5c34)c2[2H])c([2H])c1[2H]. The molecular weight excluding hydrogens is 707 g/mol. The third-order valence-corrected chi connectivity index (χ3v) is 11.1. The number of nitrogens with zero attached hydrogens (tertiary/aromatic N) is 3. The van der Waals surface area contributed by atoms with Crippen LogP contribution in [0.15, 0.2) is 192 Å². The molecule has 0 saturated heterocycles. The molecule has 0 radical (unpaired) electrons. The molecule has 0 unspecified atom stereocenters. The van der Waals surface area contributed by atoms with Crippen molar-refractivity contribution in [3.63, 3.8) is 0 Å². The van der Waals surface area contributed by atoms with Crippen molar-refractivity contribution in [2.45, 2.75) is 19.3 Å². The summed E-state index contributed by atoms with van der Waals surface area (Å²) in [6.07, 6.45) is 0. The van der Waals surface area contributed by atoms with Gasteiger partial charge < -0.3 is 4.42 Å². The van der Waals surface area contributed by atoms with Crippen LogP contribution in [0.25, 0.3) is 101 Å². The molecule has 0 bridgehead atoms. The Kier molecular flexibility index (Phi) is 5.91. The first-order valence-corrected chi connectivity index (χ1v) is 19.0. The van der Waals surface area contributed by atoms with Crippen molar-refractivity contribution in [3.8, 4) is 78.7 Å². The van der Waals surface area contributed by atoms with Gasteiger partial charge in [-0.1, -0.05) is 165 Å². The second-order valence-corrected chi connectivity index (χ2v) is 14.9. The van der Waals surface area contributed by atoms with Crippen LogP contribution in [0.3, 0.4) is 0 Å². The zero-order chi connectivity index (χ0) is 46.6. The summed E-state index contributed by atoms with van der Waals surface area (Å²) in [6.45, 7) is 4.54. The first-order chi connectivity index (χ1) is 32.2. The van der Waals surface area contributed by atoms with E-state index >= 15 is 0 Å². The Balaban J connectivity index is 1.04. The summed E-state index contributed by atoms with van der Waals surface area (Å²) in [5.74, 6) is 1.37. The molecule has 0 amide bonds. The lowest BCUT2D eigenvalue weighted by atomic mass is 9.82. The summed E-state index contributed by atoms with van der Waals surface area (Å²) < 4.78 is 84.3. The van der Waals surface area contributed by atoms with Gasteiger partial charge in [0, 0.05) is 32.9 Å². The second kappa shape index (κ2) is 13.4. The van der Waals surface area contributed by atoms with E-state index < -0.39 is 54.4 Å². The maximum absolute atomic E-state index is 9.37. The van der Waals surface area contributed by atoms with Gasteiger partial charge in [-0.3, -0.25) is 0 Å². The molecule has 8 aromatic carbocycles. The number of hydrogen-bond acceptors (Lipinski definition) is 4. The van der Waals surface area contributed by atoms with E-state index in [-0.39, 0.29) is 22.1 Å². The highest BCUT2D eigenvalue weighted by Gasteiger charge is 2.35. The minimum atomic E-state index is -0.628. The van der Waals surface area contributed by atoms with Crippen molar-refractivity contribution < 1.29 is 16.8 Å². The van der Waals surface area contributed by atoms with Gasteiger partial charge in [0.1, 0.15) is 11.2 Å². The molecule has 4 nitrogen and oxygen atoms in total. The molecular formula is C54H37N3O. The fourth-order valence-electron chi connectivity index (χ4n) is 8.24. The van der Waals surface area contributed by atoms with E-state index in [4.69, 9.17) is 30.3 Å². The Morgan fingerprint density at radius 1 is 0.431 bits per heavy atom. The quantitative estimate of drug-likeness (QED) is 0.170. The summed E-state index contributed by atoms with van der Waals surface area (Å²) in [4.78, 5) is 15.0. The lowest BCUT2D eigenvalue weighted by Gasteiger charge is -2.21. The lowest BCUT2D eigenvalue weighted by Crippen LogP contribution is -2.14. The van der Waals surface area contributed by atoms with Crippen molar-refractivity contribution in [1.29, 1.82) is 0 Å². The van der Waals surface area contributed by atoms with Gasteiger partial charge in [-0.15, -0.1) is 0 Å². The van der Waals surface area contributed by atoms with Gasteiger partial charge >= 0.3 is 0 Å². The number of benzene rings is 8. The molecule has 2 aromatic heterocycles. The van der Waals surface area contributed by atoms with Crippen LogP contribution < -0.4 is 0 Å². The largest absolute Gasteiger partial charge is 0.456 e. The van der Waals surface area contributed by atoms with E-state index in [1.54, 1.807) is 18.2 Å². The molecule has 10 aromatic rings. The van der Waals surface area contributed by atoms with E-state index in [0.29, 0.717) is 50.5 Å². The smallest absolute Gasteiger partial charge is 0.164 e. The van der Waals surface area contributed by atoms with Gasteiger partial charge in [-0.2, -0.15) is 0 Å². The van der Waals surface area contributed by atoms with Gasteiger partial charge in [-0.25, -0.2) is 15.0 Å². The number of furan rings is 1. The predicted molar refractivity (Wildman–Crippen MR) is 237 cm³/mol. The van der Waals surface area contributed by atoms with Crippen molar-refractivity contribution in [1.82, 2.24) is 15.0 Å². The van der Waals surface area contributed by atoms with Crippen LogP contribution in [0.1, 0.15) is 37.3 Å². The van der Waals surface area contributed by atoms with Crippen LogP contribution in [0.5, 0.6) is 0 Å². The standard InChI is InChI=1S/C54H37N3O/c1-54(2)46-24-10-9-22-43(46)45-32-38(27-29-47(45)54)37-19-12-21-40(31-37)52-55-51(35-16-7-4-8-17-35)56-53(57-52)41-26-28-44-49(33-41)58-48-25-13-23-42(50(44)48)39-20-11-18-36(30-39)34-14-5-3-6-15-34/h3-33H,1-2H3/i3D,5D,6D,11D,14D,15D,18D,20D,30D. The van der Waals surface area contributed by atoms with E-state index in [0.717, 1.165) is 22.3 Å². The van der Waals surface area contributed by atoms with E-state index in [2.05, 4.69) is 68.4 Å². The van der Waals surface area contributed by atoms with Gasteiger partial charge in [0.25, 0.3) is 0 Å². The molecule has 0 N–H and O–H groups in total. The monoisotopic (exact) mass is 752 g/mol. The highest BCUT2D eigenvalue weighted by atomic mass is 16.3. The van der Waals surface area contributed by atoms with Crippen molar-refractivity contribution in [2.24, 2.45) is 0 Å². The zero-order valence-electron chi connectivity index (χ0n) is 40.5. The molecule has 0 atom stereocenters. The molecule has 4 heteroatoms. The van der Waals surface area contributed by atoms with Crippen molar-refractivity contribution >= 4 is 21.9 Å². The molecule has 2 heterocycles. The Bertz CT molecular complexity index is 3710. The minimum absolute atomic E-state index is 0.0365. The van der Waals surface area contributed by atoms with Crippen LogP contribution in [0.2, 0.25) is 0 Å². The van der Waals surface area contributed by atoms with Gasteiger partial charge in [0.2, 0.25) is 0 Å². The summed E-state index contributed by atoms with van der Waals surface area (Å²) in [5, 5.41) is 1.16. The molecule has 58 heavy (non-hydrogen) atoms. The van der Waals surface area contributed by atoms with E-state index in [1.807, 2.05) is 60.7 Å². The number of hydrogen-bond donors (Lipinski definition) is 0. The summed E-state index contributed by atoms with van der Waals surface area (Å²) in [7, 11) is 0. The van der Waals surface area contributed by atoms with Crippen LogP contribution in [0, 0.1) is 0 Å². The fraction of sp³-hybridized carbons (Fsp3) is 0.0556. The number of fused-ring (bicyclic) bond motifs is 6. The van der Waals surface area contributed by atoms with E-state index in [1.165, 1.54) is 22.3 Å². The Morgan fingerprint density at radius 3 is 1.90 bits per heavy atom. The average molecular weight is 753 g/mol. The van der Waals surface area contributed by atoms with Crippen LogP contribution in [-0.2, 0) is 5.41 Å². The third-order valence-electron chi connectivity index (χ3n) is 11.1. The number of rotatable bonds is 6. The first kappa shape index (κ1) is 25.7. The Morgan fingerprint density at radius 2 is 1.05 bits per heavy atom. The average Bonchev–Trinajstić information content (AvgIpc) is 3.84. The summed E-state index contributed by atoms with van der Waals surface area (Å²) in [6, 6.07) is 38.9. The fourth-order valence-corrected chi connectivity index (χ4v) is 8.24. The summed E-state index contributed by atoms with van der Waals surface area (Å²) in [5.41, 5.74) is 9.86. The highest BCUT2D eigenvalue weighted by Crippen LogP contribution is 2.49.